The molecule has 2 aliphatic rings. The third-order valence-corrected chi connectivity index (χ3v) is 9.15. The SMILES string of the molecule is O=C(C=CCN1CCCC(CO)C1)N1CCc2c(sc3ncnc(Nc4ccc(OCc5ccccn5)c(Cl)c4)c23)C1. The number of hydrogen-bond acceptors (Lipinski definition) is 9. The predicted molar refractivity (Wildman–Crippen MR) is 165 cm³/mol. The van der Waals surface area contributed by atoms with Gasteiger partial charge in [0.2, 0.25) is 5.91 Å². The third kappa shape index (κ3) is 6.57. The lowest BCUT2D eigenvalue weighted by molar-refractivity contribution is -0.126. The molecule has 9 nitrogen and oxygen atoms in total. The summed E-state index contributed by atoms with van der Waals surface area (Å²) in [6, 6.07) is 11.3. The number of carbonyl (C=O) groups is 1. The van der Waals surface area contributed by atoms with Crippen LogP contribution >= 0.6 is 22.9 Å². The highest BCUT2D eigenvalue weighted by atomic mass is 35.5. The molecule has 6 rings (SSSR count). The summed E-state index contributed by atoms with van der Waals surface area (Å²) in [6.45, 7) is 4.39. The molecule has 218 valence electrons. The summed E-state index contributed by atoms with van der Waals surface area (Å²) in [5.74, 6) is 1.67. The topological polar surface area (TPSA) is 104 Å². The van der Waals surface area contributed by atoms with E-state index in [1.165, 1.54) is 5.56 Å². The number of halogens is 1. The molecule has 0 spiro atoms. The van der Waals surface area contributed by atoms with E-state index in [0.717, 1.165) is 71.2 Å². The number of rotatable bonds is 9. The van der Waals surface area contributed by atoms with Crippen molar-refractivity contribution in [1.29, 1.82) is 0 Å². The zero-order valence-electron chi connectivity index (χ0n) is 23.2. The molecule has 1 atom stereocenters. The van der Waals surface area contributed by atoms with Gasteiger partial charge in [0.1, 0.15) is 29.3 Å². The quantitative estimate of drug-likeness (QED) is 0.251. The molecule has 1 saturated heterocycles. The predicted octanol–water partition coefficient (Wildman–Crippen LogP) is 5.21. The number of piperidine rings is 1. The van der Waals surface area contributed by atoms with Crippen LogP contribution in [0, 0.1) is 5.92 Å². The van der Waals surface area contributed by atoms with Crippen molar-refractivity contribution >= 4 is 50.6 Å². The minimum absolute atomic E-state index is 0.0262. The van der Waals surface area contributed by atoms with Crippen LogP contribution in [0.5, 0.6) is 5.75 Å². The Balaban J connectivity index is 1.11. The molecular weight excluding hydrogens is 572 g/mol. The average Bonchev–Trinajstić information content (AvgIpc) is 3.40. The smallest absolute Gasteiger partial charge is 0.246 e. The molecule has 0 aliphatic carbocycles. The van der Waals surface area contributed by atoms with E-state index < -0.39 is 0 Å². The van der Waals surface area contributed by atoms with E-state index in [4.69, 9.17) is 16.3 Å². The Morgan fingerprint density at radius 1 is 1.21 bits per heavy atom. The van der Waals surface area contributed by atoms with Gasteiger partial charge in [-0.05, 0) is 67.6 Å². The Morgan fingerprint density at radius 2 is 2.14 bits per heavy atom. The monoisotopic (exact) mass is 604 g/mol. The number of benzene rings is 1. The number of aromatic nitrogens is 3. The molecule has 4 aromatic rings. The van der Waals surface area contributed by atoms with Crippen molar-refractivity contribution in [3.63, 3.8) is 0 Å². The number of likely N-dealkylation sites (tertiary alicyclic amines) is 1. The van der Waals surface area contributed by atoms with Crippen LogP contribution in [0.4, 0.5) is 11.5 Å². The fraction of sp³-hybridized carbons (Fsp3) is 0.355. The van der Waals surface area contributed by atoms with Crippen molar-refractivity contribution in [2.75, 3.05) is 38.1 Å². The Morgan fingerprint density at radius 3 is 2.98 bits per heavy atom. The molecule has 1 aromatic carbocycles. The maximum atomic E-state index is 13.0. The summed E-state index contributed by atoms with van der Waals surface area (Å²) in [6.07, 6.45) is 9.85. The van der Waals surface area contributed by atoms with Crippen LogP contribution < -0.4 is 10.1 Å². The highest BCUT2D eigenvalue weighted by molar-refractivity contribution is 7.19. The van der Waals surface area contributed by atoms with Gasteiger partial charge in [-0.3, -0.25) is 14.7 Å². The fourth-order valence-corrected chi connectivity index (χ4v) is 6.99. The summed E-state index contributed by atoms with van der Waals surface area (Å²) in [4.78, 5) is 32.6. The molecule has 42 heavy (non-hydrogen) atoms. The minimum atomic E-state index is 0.0262. The first-order chi connectivity index (χ1) is 20.6. The molecule has 11 heteroatoms. The Labute approximate surface area is 253 Å². The number of amides is 1. The molecule has 0 radical (unpaired) electrons. The number of thiophene rings is 1. The first-order valence-electron chi connectivity index (χ1n) is 14.2. The van der Waals surface area contributed by atoms with Crippen LogP contribution in [-0.2, 0) is 24.4 Å². The van der Waals surface area contributed by atoms with Crippen molar-refractivity contribution in [1.82, 2.24) is 24.8 Å². The zero-order valence-corrected chi connectivity index (χ0v) is 24.8. The Kier molecular flexibility index (Phi) is 8.95. The van der Waals surface area contributed by atoms with Crippen LogP contribution in [0.25, 0.3) is 10.2 Å². The highest BCUT2D eigenvalue weighted by Gasteiger charge is 2.26. The van der Waals surface area contributed by atoms with Crippen LogP contribution in [0.2, 0.25) is 5.02 Å². The number of nitrogens with one attached hydrogen (secondary N) is 1. The van der Waals surface area contributed by atoms with E-state index in [-0.39, 0.29) is 12.5 Å². The maximum Gasteiger partial charge on any atom is 0.246 e. The van der Waals surface area contributed by atoms with E-state index >= 15 is 0 Å². The molecule has 1 unspecified atom stereocenters. The highest BCUT2D eigenvalue weighted by Crippen LogP contribution is 2.39. The molecular formula is C31H33ClN6O3S. The molecule has 0 saturated carbocycles. The van der Waals surface area contributed by atoms with Crippen LogP contribution in [0.3, 0.4) is 0 Å². The van der Waals surface area contributed by atoms with Crippen molar-refractivity contribution in [3.05, 3.63) is 82.2 Å². The number of aliphatic hydroxyl groups excluding tert-OH is 1. The zero-order chi connectivity index (χ0) is 28.9. The number of fused-ring (bicyclic) bond motifs is 3. The third-order valence-electron chi connectivity index (χ3n) is 7.73. The largest absolute Gasteiger partial charge is 0.486 e. The van der Waals surface area contributed by atoms with E-state index in [1.807, 2.05) is 47.4 Å². The average molecular weight is 605 g/mol. The van der Waals surface area contributed by atoms with Crippen molar-refractivity contribution in [2.45, 2.75) is 32.4 Å². The van der Waals surface area contributed by atoms with Gasteiger partial charge in [-0.15, -0.1) is 11.3 Å². The molecule has 0 bridgehead atoms. The summed E-state index contributed by atoms with van der Waals surface area (Å²) < 4.78 is 5.86. The number of carbonyl (C=O) groups excluding carboxylic acids is 1. The molecule has 2 N–H and O–H groups in total. The summed E-state index contributed by atoms with van der Waals surface area (Å²) in [5, 5.41) is 14.4. The summed E-state index contributed by atoms with van der Waals surface area (Å²) in [5.41, 5.74) is 2.81. The van der Waals surface area contributed by atoms with Crippen molar-refractivity contribution < 1.29 is 14.6 Å². The van der Waals surface area contributed by atoms with Gasteiger partial charge in [-0.1, -0.05) is 23.7 Å². The number of pyridine rings is 1. The van der Waals surface area contributed by atoms with E-state index in [9.17, 15) is 9.90 Å². The van der Waals surface area contributed by atoms with Gasteiger partial charge in [-0.25, -0.2) is 9.97 Å². The number of nitrogens with zero attached hydrogens (tertiary/aromatic N) is 5. The van der Waals surface area contributed by atoms with Gasteiger partial charge < -0.3 is 20.1 Å². The maximum absolute atomic E-state index is 13.0. The van der Waals surface area contributed by atoms with Gasteiger partial charge in [0.15, 0.2) is 0 Å². The molecule has 1 amide bonds. The van der Waals surface area contributed by atoms with Gasteiger partial charge in [0.25, 0.3) is 0 Å². The molecule has 2 aliphatic heterocycles. The Bertz CT molecular complexity index is 1580. The normalized spacial score (nSPS) is 17.5. The standard InChI is InChI=1S/C31H33ClN6O3S/c32-25-15-22(8-9-26(25)41-19-23-6-1-2-11-33-23)36-30-29-24-10-14-38(17-27(24)42-31(29)35-20-34-30)28(40)7-4-13-37-12-3-5-21(16-37)18-39/h1-2,4,6-9,11,15,20-21,39H,3,5,10,12-14,16-19H2,(H,34,35,36). The number of ether oxygens (including phenoxy) is 1. The number of aliphatic hydroxyl groups is 1. The second kappa shape index (κ2) is 13.2. The van der Waals surface area contributed by atoms with Crippen LogP contribution in [0.1, 0.15) is 29.0 Å². The second-order valence-electron chi connectivity index (χ2n) is 10.6. The Hall–Kier alpha value is -3.57. The number of hydrogen-bond donors (Lipinski definition) is 2. The van der Waals surface area contributed by atoms with Gasteiger partial charge >= 0.3 is 0 Å². The van der Waals surface area contributed by atoms with Gasteiger partial charge in [-0.2, -0.15) is 0 Å². The van der Waals surface area contributed by atoms with E-state index in [0.29, 0.717) is 36.4 Å². The van der Waals surface area contributed by atoms with Crippen molar-refractivity contribution in [2.24, 2.45) is 5.92 Å². The lowest BCUT2D eigenvalue weighted by Crippen LogP contribution is -2.37. The molecule has 5 heterocycles. The molecule has 1 fully saturated rings. The lowest BCUT2D eigenvalue weighted by Gasteiger charge is -2.31. The summed E-state index contributed by atoms with van der Waals surface area (Å²) in [7, 11) is 0. The minimum Gasteiger partial charge on any atom is -0.486 e. The summed E-state index contributed by atoms with van der Waals surface area (Å²) >= 11 is 8.15. The number of anilines is 2. The first-order valence-corrected chi connectivity index (χ1v) is 15.4. The fourth-order valence-electron chi connectivity index (χ4n) is 5.55. The van der Waals surface area contributed by atoms with Crippen LogP contribution in [0.15, 0.2) is 61.1 Å². The molecule has 3 aromatic heterocycles. The van der Waals surface area contributed by atoms with E-state index in [2.05, 4.69) is 25.2 Å². The van der Waals surface area contributed by atoms with Gasteiger partial charge in [0.05, 0.1) is 22.6 Å². The van der Waals surface area contributed by atoms with Crippen molar-refractivity contribution in [3.8, 4) is 5.75 Å². The lowest BCUT2D eigenvalue weighted by atomic mass is 9.99. The van der Waals surface area contributed by atoms with Crippen LogP contribution in [-0.4, -0.2) is 68.6 Å². The second-order valence-corrected chi connectivity index (χ2v) is 12.1. The van der Waals surface area contributed by atoms with Gasteiger partial charge in [0, 0.05) is 49.1 Å². The first kappa shape index (κ1) is 28.5. The van der Waals surface area contributed by atoms with E-state index in [1.54, 1.807) is 29.9 Å².